The number of likely N-dealkylation sites (N-methyl/N-ethyl adjacent to an activating group) is 1. The Morgan fingerprint density at radius 1 is 1.21 bits per heavy atom. The second-order valence-electron chi connectivity index (χ2n) is 6.13. The summed E-state index contributed by atoms with van der Waals surface area (Å²) in [5.74, 6) is 0.361. The van der Waals surface area contributed by atoms with Gasteiger partial charge in [-0.2, -0.15) is 0 Å². The van der Waals surface area contributed by atoms with E-state index in [1.807, 2.05) is 44.1 Å². The van der Waals surface area contributed by atoms with Crippen LogP contribution in [0.15, 0.2) is 30.5 Å². The van der Waals surface area contributed by atoms with Gasteiger partial charge in [0.15, 0.2) is 5.69 Å². The molecule has 0 N–H and O–H groups in total. The Labute approximate surface area is 148 Å². The zero-order chi connectivity index (χ0) is 17.7. The molecular weight excluding hydrogens is 324 g/mol. The van der Waals surface area contributed by atoms with E-state index < -0.39 is 0 Å². The predicted octanol–water partition coefficient (Wildman–Crippen LogP) is 2.95. The van der Waals surface area contributed by atoms with Crippen LogP contribution >= 0.6 is 11.6 Å². The number of aromatic nitrogens is 2. The van der Waals surface area contributed by atoms with E-state index in [1.165, 1.54) is 11.8 Å². The number of halogens is 1. The molecule has 0 aliphatic heterocycles. The molecule has 128 valence electrons. The summed E-state index contributed by atoms with van der Waals surface area (Å²) >= 11 is 6.14. The third kappa shape index (κ3) is 5.01. The molecule has 0 atom stereocenters. The molecule has 6 heteroatoms. The minimum Gasteiger partial charge on any atom is -0.332 e. The van der Waals surface area contributed by atoms with Crippen molar-refractivity contribution in [2.45, 2.75) is 20.4 Å². The van der Waals surface area contributed by atoms with Crippen molar-refractivity contribution >= 4 is 17.5 Å². The van der Waals surface area contributed by atoms with Crippen molar-refractivity contribution in [2.24, 2.45) is 0 Å². The summed E-state index contributed by atoms with van der Waals surface area (Å²) in [5, 5.41) is 0.282. The van der Waals surface area contributed by atoms with Gasteiger partial charge < -0.3 is 9.80 Å². The molecule has 2 rings (SSSR count). The van der Waals surface area contributed by atoms with E-state index in [-0.39, 0.29) is 16.6 Å². The first-order valence-electron chi connectivity index (χ1n) is 7.85. The summed E-state index contributed by atoms with van der Waals surface area (Å²) in [6.07, 6.45) is 1.48. The first-order valence-corrected chi connectivity index (χ1v) is 8.23. The van der Waals surface area contributed by atoms with Crippen LogP contribution in [0.5, 0.6) is 0 Å². The fourth-order valence-electron chi connectivity index (χ4n) is 2.36. The summed E-state index contributed by atoms with van der Waals surface area (Å²) in [6.45, 7) is 5.67. The smallest absolute Gasteiger partial charge is 0.274 e. The molecule has 24 heavy (non-hydrogen) atoms. The Kier molecular flexibility index (Phi) is 6.29. The van der Waals surface area contributed by atoms with E-state index in [0.717, 1.165) is 12.1 Å². The SMILES string of the molecule is Cc1cccc(CN(CCN(C)C)C(=O)c2nc(C)ncc2Cl)c1. The van der Waals surface area contributed by atoms with Gasteiger partial charge in [0.05, 0.1) is 11.2 Å². The fourth-order valence-corrected chi connectivity index (χ4v) is 2.53. The molecule has 1 amide bonds. The van der Waals surface area contributed by atoms with Crippen molar-refractivity contribution in [1.29, 1.82) is 0 Å². The van der Waals surface area contributed by atoms with Gasteiger partial charge >= 0.3 is 0 Å². The Hall–Kier alpha value is -1.98. The van der Waals surface area contributed by atoms with Gasteiger partial charge in [-0.3, -0.25) is 4.79 Å². The van der Waals surface area contributed by atoms with Gasteiger partial charge in [-0.15, -0.1) is 0 Å². The van der Waals surface area contributed by atoms with Crippen LogP contribution in [0.1, 0.15) is 27.4 Å². The highest BCUT2D eigenvalue weighted by Crippen LogP contribution is 2.17. The second-order valence-corrected chi connectivity index (χ2v) is 6.54. The minimum atomic E-state index is -0.172. The standard InChI is InChI=1S/C18H23ClN4O/c1-13-6-5-7-15(10-13)12-23(9-8-22(3)4)18(24)17-16(19)11-20-14(2)21-17/h5-7,10-11H,8-9,12H2,1-4H3. The molecule has 2 aromatic rings. The van der Waals surface area contributed by atoms with Gasteiger partial charge in [0.2, 0.25) is 0 Å². The van der Waals surface area contributed by atoms with E-state index in [2.05, 4.69) is 16.0 Å². The zero-order valence-corrected chi connectivity index (χ0v) is 15.3. The van der Waals surface area contributed by atoms with Gasteiger partial charge in [-0.05, 0) is 33.5 Å². The van der Waals surface area contributed by atoms with Gasteiger partial charge in [0.1, 0.15) is 5.82 Å². The maximum absolute atomic E-state index is 13.0. The van der Waals surface area contributed by atoms with Crippen LogP contribution in [-0.2, 0) is 6.54 Å². The molecule has 0 fully saturated rings. The van der Waals surface area contributed by atoms with Gasteiger partial charge in [-0.1, -0.05) is 41.4 Å². The minimum absolute atomic E-state index is 0.172. The second kappa shape index (κ2) is 8.22. The first kappa shape index (κ1) is 18.4. The zero-order valence-electron chi connectivity index (χ0n) is 14.6. The van der Waals surface area contributed by atoms with E-state index in [4.69, 9.17) is 11.6 Å². The quantitative estimate of drug-likeness (QED) is 0.807. The highest BCUT2D eigenvalue weighted by Gasteiger charge is 2.21. The molecule has 0 aliphatic rings. The monoisotopic (exact) mass is 346 g/mol. The number of aryl methyl sites for hydroxylation is 2. The molecule has 0 saturated carbocycles. The molecular formula is C18H23ClN4O. The Bertz CT molecular complexity index is 718. The topological polar surface area (TPSA) is 49.3 Å². The van der Waals surface area contributed by atoms with Gasteiger partial charge in [0.25, 0.3) is 5.91 Å². The van der Waals surface area contributed by atoms with Crippen LogP contribution in [0.25, 0.3) is 0 Å². The first-order chi connectivity index (χ1) is 11.4. The average Bonchev–Trinajstić information content (AvgIpc) is 2.53. The summed E-state index contributed by atoms with van der Waals surface area (Å²) in [7, 11) is 3.97. The molecule has 0 radical (unpaired) electrons. The molecule has 0 saturated heterocycles. The number of benzene rings is 1. The lowest BCUT2D eigenvalue weighted by molar-refractivity contribution is 0.0725. The Morgan fingerprint density at radius 2 is 1.96 bits per heavy atom. The molecule has 0 aliphatic carbocycles. The number of carbonyl (C=O) groups is 1. The van der Waals surface area contributed by atoms with Crippen molar-refractivity contribution in [1.82, 2.24) is 19.8 Å². The van der Waals surface area contributed by atoms with Gasteiger partial charge in [-0.25, -0.2) is 9.97 Å². The normalized spacial score (nSPS) is 10.9. The summed E-state index contributed by atoms with van der Waals surface area (Å²) in [6, 6.07) is 8.15. The average molecular weight is 347 g/mol. The molecule has 0 spiro atoms. The number of carbonyl (C=O) groups excluding carboxylic acids is 1. The number of rotatable bonds is 6. The van der Waals surface area contributed by atoms with Crippen LogP contribution in [0.3, 0.4) is 0 Å². The van der Waals surface area contributed by atoms with Gasteiger partial charge in [0, 0.05) is 19.6 Å². The number of nitrogens with zero attached hydrogens (tertiary/aromatic N) is 4. The van der Waals surface area contributed by atoms with Crippen molar-refractivity contribution < 1.29 is 4.79 Å². The molecule has 1 heterocycles. The van der Waals surface area contributed by atoms with Crippen molar-refractivity contribution in [3.05, 3.63) is 58.1 Å². The van der Waals surface area contributed by atoms with Crippen molar-refractivity contribution in [2.75, 3.05) is 27.2 Å². The molecule has 1 aromatic carbocycles. The summed E-state index contributed by atoms with van der Waals surface area (Å²) < 4.78 is 0. The summed E-state index contributed by atoms with van der Waals surface area (Å²) in [5.41, 5.74) is 2.52. The molecule has 1 aromatic heterocycles. The van der Waals surface area contributed by atoms with E-state index in [1.54, 1.807) is 11.8 Å². The predicted molar refractivity (Wildman–Crippen MR) is 96.3 cm³/mol. The molecule has 5 nitrogen and oxygen atoms in total. The summed E-state index contributed by atoms with van der Waals surface area (Å²) in [4.78, 5) is 25.0. The lowest BCUT2D eigenvalue weighted by atomic mass is 10.1. The molecule has 0 unspecified atom stereocenters. The fraction of sp³-hybridized carbons (Fsp3) is 0.389. The Morgan fingerprint density at radius 3 is 2.62 bits per heavy atom. The lowest BCUT2D eigenvalue weighted by Crippen LogP contribution is -2.37. The van der Waals surface area contributed by atoms with Crippen LogP contribution in [-0.4, -0.2) is 52.9 Å². The van der Waals surface area contributed by atoms with E-state index in [9.17, 15) is 4.79 Å². The maximum atomic E-state index is 13.0. The van der Waals surface area contributed by atoms with E-state index in [0.29, 0.717) is 18.9 Å². The third-order valence-electron chi connectivity index (χ3n) is 3.63. The largest absolute Gasteiger partial charge is 0.332 e. The highest BCUT2D eigenvalue weighted by atomic mass is 35.5. The van der Waals surface area contributed by atoms with E-state index >= 15 is 0 Å². The van der Waals surface area contributed by atoms with Crippen molar-refractivity contribution in [3.63, 3.8) is 0 Å². The highest BCUT2D eigenvalue weighted by molar-refractivity contribution is 6.33. The Balaban J connectivity index is 2.27. The maximum Gasteiger partial charge on any atom is 0.274 e. The third-order valence-corrected chi connectivity index (χ3v) is 3.90. The number of hydrogen-bond donors (Lipinski definition) is 0. The number of hydrogen-bond acceptors (Lipinski definition) is 4. The van der Waals surface area contributed by atoms with Crippen LogP contribution in [0.2, 0.25) is 5.02 Å². The van der Waals surface area contributed by atoms with Crippen LogP contribution < -0.4 is 0 Å². The molecule has 0 bridgehead atoms. The van der Waals surface area contributed by atoms with Crippen LogP contribution in [0.4, 0.5) is 0 Å². The van der Waals surface area contributed by atoms with Crippen molar-refractivity contribution in [3.8, 4) is 0 Å². The lowest BCUT2D eigenvalue weighted by Gasteiger charge is -2.25. The van der Waals surface area contributed by atoms with Crippen LogP contribution in [0, 0.1) is 13.8 Å². The number of amides is 1.